The summed E-state index contributed by atoms with van der Waals surface area (Å²) < 4.78 is 3.29. The van der Waals surface area contributed by atoms with Crippen molar-refractivity contribution in [3.8, 4) is 0 Å². The van der Waals surface area contributed by atoms with Crippen LogP contribution in [0.3, 0.4) is 0 Å². The third kappa shape index (κ3) is 3.53. The zero-order chi connectivity index (χ0) is 12.6. The molecule has 0 unspecified atom stereocenters. The van der Waals surface area contributed by atoms with Gasteiger partial charge in [-0.05, 0) is 0 Å². The van der Waals surface area contributed by atoms with Crippen LogP contribution in [0.5, 0.6) is 0 Å². The van der Waals surface area contributed by atoms with Gasteiger partial charge < -0.3 is 0 Å². The first-order valence-electron chi connectivity index (χ1n) is 5.69. The Morgan fingerprint density at radius 2 is 1.81 bits per heavy atom. The van der Waals surface area contributed by atoms with Gasteiger partial charge in [0.05, 0.1) is 0 Å². The molecule has 0 aliphatic heterocycles. The fraction of sp³-hybridized carbons (Fsp3) is 0.500. The summed E-state index contributed by atoms with van der Waals surface area (Å²) in [7, 11) is 1.70. The monoisotopic (exact) mass is 223 g/mol. The molecule has 0 saturated heterocycles. The summed E-state index contributed by atoms with van der Waals surface area (Å²) in [4.78, 5) is 15.0. The lowest BCUT2D eigenvalue weighted by Gasteiger charge is -1.97. The molecule has 2 aromatic rings. The van der Waals surface area contributed by atoms with Gasteiger partial charge in [-0.15, -0.1) is 0 Å². The highest BCUT2D eigenvalue weighted by Crippen LogP contribution is 1.93. The number of aryl methyl sites for hydroxylation is 1. The second-order valence-corrected chi connectivity index (χ2v) is 3.05. The Hall–Kier alpha value is -1.58. The zero-order valence-corrected chi connectivity index (χ0v) is 10.8. The first kappa shape index (κ1) is 14.4. The molecule has 0 amide bonds. The van der Waals surface area contributed by atoms with Crippen molar-refractivity contribution in [3.05, 3.63) is 35.0 Å². The summed E-state index contributed by atoms with van der Waals surface area (Å²) in [5.74, 6) is 0.664. The highest BCUT2D eigenvalue weighted by Gasteiger charge is 1.96. The van der Waals surface area contributed by atoms with Gasteiger partial charge in [0.25, 0.3) is 5.56 Å². The molecule has 0 atom stereocenters. The molecule has 0 spiro atoms. The third-order valence-corrected chi connectivity index (χ3v) is 1.66. The summed E-state index contributed by atoms with van der Waals surface area (Å²) in [5, 5.41) is 0. The molecule has 2 heterocycles. The number of nitrogens with zero attached hydrogens (tertiary/aromatic N) is 3. The van der Waals surface area contributed by atoms with Gasteiger partial charge in [0.1, 0.15) is 0 Å². The predicted molar refractivity (Wildman–Crippen MR) is 67.7 cm³/mol. The summed E-state index contributed by atoms with van der Waals surface area (Å²) in [6.45, 7) is 8.25. The first-order valence-corrected chi connectivity index (χ1v) is 5.69. The molecule has 4 nitrogen and oxygen atoms in total. The van der Waals surface area contributed by atoms with Gasteiger partial charge in [-0.2, -0.15) is 0 Å². The van der Waals surface area contributed by atoms with Gasteiger partial charge in [0.2, 0.25) is 5.78 Å². The average molecular weight is 223 g/mol. The van der Waals surface area contributed by atoms with E-state index in [4.69, 9.17) is 0 Å². The first-order chi connectivity index (χ1) is 7.70. The molecule has 0 radical (unpaired) electrons. The van der Waals surface area contributed by atoms with Crippen molar-refractivity contribution < 1.29 is 0 Å². The van der Waals surface area contributed by atoms with E-state index >= 15 is 0 Å². The summed E-state index contributed by atoms with van der Waals surface area (Å²) in [6.07, 6.45) is 6.41. The standard InChI is InChI=1S/C7H7N3O.C3H8.C2H6/c1-9-6(11)2-4-10-5-3-8-7(9)10;1-3-2;1-2/h2-5H,1H3;3H2,1-2H3;1-2H3. The van der Waals surface area contributed by atoms with Crippen molar-refractivity contribution in [2.75, 3.05) is 0 Å². The molecule has 0 saturated carbocycles. The van der Waals surface area contributed by atoms with Crippen LogP contribution in [0.4, 0.5) is 0 Å². The maximum Gasteiger partial charge on any atom is 0.254 e. The normalized spacial score (nSPS) is 8.81. The number of aromatic nitrogens is 3. The maximum absolute atomic E-state index is 11.0. The molecule has 0 aliphatic rings. The number of hydrogen-bond donors (Lipinski definition) is 0. The fourth-order valence-electron chi connectivity index (χ4n) is 1.04. The van der Waals surface area contributed by atoms with E-state index in [-0.39, 0.29) is 5.56 Å². The Morgan fingerprint density at radius 3 is 2.38 bits per heavy atom. The summed E-state index contributed by atoms with van der Waals surface area (Å²) >= 11 is 0. The Bertz CT molecular complexity index is 456. The van der Waals surface area contributed by atoms with E-state index < -0.39 is 0 Å². The zero-order valence-electron chi connectivity index (χ0n) is 10.8. The van der Waals surface area contributed by atoms with Crippen LogP contribution in [0.2, 0.25) is 0 Å². The number of rotatable bonds is 0. The quantitative estimate of drug-likeness (QED) is 0.688. The Morgan fingerprint density at radius 1 is 1.25 bits per heavy atom. The second-order valence-electron chi connectivity index (χ2n) is 3.05. The van der Waals surface area contributed by atoms with Gasteiger partial charge in [0, 0.05) is 31.7 Å². The molecule has 16 heavy (non-hydrogen) atoms. The van der Waals surface area contributed by atoms with E-state index in [1.54, 1.807) is 30.0 Å². The maximum atomic E-state index is 11.0. The minimum Gasteiger partial charge on any atom is -0.292 e. The van der Waals surface area contributed by atoms with Crippen molar-refractivity contribution >= 4 is 5.78 Å². The van der Waals surface area contributed by atoms with E-state index in [2.05, 4.69) is 18.8 Å². The molecule has 0 aromatic carbocycles. The third-order valence-electron chi connectivity index (χ3n) is 1.66. The van der Waals surface area contributed by atoms with Gasteiger partial charge in [-0.25, -0.2) is 4.98 Å². The van der Waals surface area contributed by atoms with Gasteiger partial charge in [-0.1, -0.05) is 34.1 Å². The van der Waals surface area contributed by atoms with Crippen LogP contribution in [0.1, 0.15) is 34.1 Å². The molecule has 0 bridgehead atoms. The average Bonchev–Trinajstić information content (AvgIpc) is 2.76. The molecule has 2 aromatic heterocycles. The lowest BCUT2D eigenvalue weighted by atomic mass is 10.6. The fourth-order valence-corrected chi connectivity index (χ4v) is 1.04. The van der Waals surface area contributed by atoms with E-state index in [1.165, 1.54) is 17.1 Å². The highest BCUT2D eigenvalue weighted by molar-refractivity contribution is 5.27. The number of hydrogen-bond acceptors (Lipinski definition) is 2. The van der Waals surface area contributed by atoms with Gasteiger partial charge >= 0.3 is 0 Å². The van der Waals surface area contributed by atoms with Crippen molar-refractivity contribution in [2.24, 2.45) is 7.05 Å². The minimum absolute atomic E-state index is 0.0382. The molecular weight excluding hydrogens is 202 g/mol. The lowest BCUT2D eigenvalue weighted by Crippen LogP contribution is -2.17. The second kappa shape index (κ2) is 7.68. The van der Waals surface area contributed by atoms with Crippen molar-refractivity contribution in [2.45, 2.75) is 34.1 Å². The van der Waals surface area contributed by atoms with Crippen molar-refractivity contribution in [3.63, 3.8) is 0 Å². The Labute approximate surface area is 96.6 Å². The molecule has 2 rings (SSSR count). The van der Waals surface area contributed by atoms with Gasteiger partial charge in [0.15, 0.2) is 0 Å². The Balaban J connectivity index is 0.000000394. The van der Waals surface area contributed by atoms with Crippen molar-refractivity contribution in [1.82, 2.24) is 14.0 Å². The van der Waals surface area contributed by atoms with Crippen LogP contribution >= 0.6 is 0 Å². The van der Waals surface area contributed by atoms with Crippen LogP contribution < -0.4 is 5.56 Å². The van der Waals surface area contributed by atoms with E-state index in [0.29, 0.717) is 5.78 Å². The molecule has 90 valence electrons. The predicted octanol–water partition coefficient (Wildman–Crippen LogP) is 2.48. The molecule has 0 N–H and O–H groups in total. The smallest absolute Gasteiger partial charge is 0.254 e. The Kier molecular flexibility index (Phi) is 6.92. The topological polar surface area (TPSA) is 39.3 Å². The van der Waals surface area contributed by atoms with Crippen LogP contribution in [0.25, 0.3) is 5.78 Å². The van der Waals surface area contributed by atoms with Crippen LogP contribution in [-0.2, 0) is 7.05 Å². The largest absolute Gasteiger partial charge is 0.292 e. The minimum atomic E-state index is -0.0382. The van der Waals surface area contributed by atoms with E-state index in [0.717, 1.165) is 0 Å². The lowest BCUT2D eigenvalue weighted by molar-refractivity contribution is 0.843. The van der Waals surface area contributed by atoms with E-state index in [9.17, 15) is 4.79 Å². The molecule has 0 aliphatic carbocycles. The van der Waals surface area contributed by atoms with Crippen LogP contribution in [0, 0.1) is 0 Å². The summed E-state index contributed by atoms with van der Waals surface area (Å²) in [5.41, 5.74) is -0.0382. The van der Waals surface area contributed by atoms with Crippen molar-refractivity contribution in [1.29, 1.82) is 0 Å². The van der Waals surface area contributed by atoms with Crippen LogP contribution in [-0.4, -0.2) is 14.0 Å². The molecule has 4 heteroatoms. The molecular formula is C12H21N3O. The van der Waals surface area contributed by atoms with E-state index in [1.807, 2.05) is 13.8 Å². The molecule has 0 fully saturated rings. The SMILES string of the molecule is CC.CCC.Cn1c(=O)ccn2ccnc12. The van der Waals surface area contributed by atoms with Gasteiger partial charge in [-0.3, -0.25) is 13.8 Å². The highest BCUT2D eigenvalue weighted by atomic mass is 16.1. The number of fused-ring (bicyclic) bond motifs is 1. The van der Waals surface area contributed by atoms with Crippen LogP contribution in [0.15, 0.2) is 29.5 Å². The summed E-state index contributed by atoms with van der Waals surface area (Å²) in [6, 6.07) is 1.51. The number of imidazole rings is 1.